The average Bonchev–Trinajstić information content (AvgIpc) is 2.29. The quantitative estimate of drug-likeness (QED) is 0.676. The number of unbranched alkanes of at least 4 members (excludes halogenated alkanes) is 4. The first-order valence-electron chi connectivity index (χ1n) is 7.21. The summed E-state index contributed by atoms with van der Waals surface area (Å²) in [4.78, 5) is 2.51. The summed E-state index contributed by atoms with van der Waals surface area (Å²) < 4.78 is 0. The molecule has 1 aliphatic rings. The molecule has 0 spiro atoms. The van der Waals surface area contributed by atoms with Gasteiger partial charge in [0.15, 0.2) is 0 Å². The van der Waals surface area contributed by atoms with Crippen LogP contribution in [0.25, 0.3) is 0 Å². The third kappa shape index (κ3) is 4.84. The SMILES string of the molecule is CCCCCCCN(C)C1CCCCC1N. The molecule has 1 fully saturated rings. The first kappa shape index (κ1) is 14.0. The van der Waals surface area contributed by atoms with Gasteiger partial charge in [-0.25, -0.2) is 0 Å². The molecule has 1 rings (SSSR count). The molecule has 2 atom stereocenters. The lowest BCUT2D eigenvalue weighted by molar-refractivity contribution is 0.166. The zero-order valence-corrected chi connectivity index (χ0v) is 11.3. The highest BCUT2D eigenvalue weighted by atomic mass is 15.1. The molecule has 2 unspecified atom stereocenters. The van der Waals surface area contributed by atoms with E-state index in [9.17, 15) is 0 Å². The van der Waals surface area contributed by atoms with E-state index < -0.39 is 0 Å². The molecule has 0 aliphatic heterocycles. The Bertz CT molecular complexity index is 170. The number of likely N-dealkylation sites (N-methyl/N-ethyl adjacent to an activating group) is 1. The molecule has 0 amide bonds. The molecule has 1 saturated carbocycles. The monoisotopic (exact) mass is 226 g/mol. The maximum atomic E-state index is 6.19. The Kier molecular flexibility index (Phi) is 7.06. The molecule has 0 aromatic heterocycles. The fourth-order valence-corrected chi connectivity index (χ4v) is 2.82. The van der Waals surface area contributed by atoms with Crippen molar-refractivity contribution < 1.29 is 0 Å². The first-order chi connectivity index (χ1) is 7.75. The van der Waals surface area contributed by atoms with Crippen molar-refractivity contribution >= 4 is 0 Å². The van der Waals surface area contributed by atoms with Gasteiger partial charge in [0.1, 0.15) is 0 Å². The van der Waals surface area contributed by atoms with Crippen molar-refractivity contribution in [2.45, 2.75) is 76.8 Å². The molecule has 1 aliphatic carbocycles. The van der Waals surface area contributed by atoms with Crippen LogP contribution < -0.4 is 5.73 Å². The van der Waals surface area contributed by atoms with Crippen LogP contribution in [0.1, 0.15) is 64.7 Å². The molecule has 0 radical (unpaired) electrons. The van der Waals surface area contributed by atoms with E-state index in [4.69, 9.17) is 5.73 Å². The zero-order chi connectivity index (χ0) is 11.8. The van der Waals surface area contributed by atoms with E-state index in [0.29, 0.717) is 12.1 Å². The number of nitrogens with zero attached hydrogens (tertiary/aromatic N) is 1. The summed E-state index contributed by atoms with van der Waals surface area (Å²) >= 11 is 0. The molecular weight excluding hydrogens is 196 g/mol. The van der Waals surface area contributed by atoms with E-state index in [1.54, 1.807) is 0 Å². The van der Waals surface area contributed by atoms with Gasteiger partial charge in [0.05, 0.1) is 0 Å². The van der Waals surface area contributed by atoms with Crippen LogP contribution in [0.2, 0.25) is 0 Å². The Morgan fingerprint density at radius 3 is 2.44 bits per heavy atom. The van der Waals surface area contributed by atoms with Crippen LogP contribution >= 0.6 is 0 Å². The van der Waals surface area contributed by atoms with Gasteiger partial charge in [-0.3, -0.25) is 0 Å². The lowest BCUT2D eigenvalue weighted by atomic mass is 9.90. The molecule has 2 N–H and O–H groups in total. The summed E-state index contributed by atoms with van der Waals surface area (Å²) in [6, 6.07) is 1.08. The molecule has 2 heteroatoms. The largest absolute Gasteiger partial charge is 0.326 e. The van der Waals surface area contributed by atoms with Gasteiger partial charge in [0, 0.05) is 12.1 Å². The maximum absolute atomic E-state index is 6.19. The normalized spacial score (nSPS) is 26.2. The lowest BCUT2D eigenvalue weighted by Gasteiger charge is -2.36. The van der Waals surface area contributed by atoms with Gasteiger partial charge in [0.25, 0.3) is 0 Å². The van der Waals surface area contributed by atoms with Crippen LogP contribution in [0.3, 0.4) is 0 Å². The summed E-state index contributed by atoms with van der Waals surface area (Å²) in [7, 11) is 2.26. The van der Waals surface area contributed by atoms with Crippen LogP contribution in [-0.4, -0.2) is 30.6 Å². The summed E-state index contributed by atoms with van der Waals surface area (Å²) in [5.41, 5.74) is 6.19. The number of hydrogen-bond donors (Lipinski definition) is 1. The van der Waals surface area contributed by atoms with Gasteiger partial charge in [-0.2, -0.15) is 0 Å². The Morgan fingerprint density at radius 1 is 1.06 bits per heavy atom. The van der Waals surface area contributed by atoms with Gasteiger partial charge >= 0.3 is 0 Å². The van der Waals surface area contributed by atoms with E-state index >= 15 is 0 Å². The fraction of sp³-hybridized carbons (Fsp3) is 1.00. The van der Waals surface area contributed by atoms with Gasteiger partial charge < -0.3 is 10.6 Å². The highest BCUT2D eigenvalue weighted by Gasteiger charge is 2.24. The Hall–Kier alpha value is -0.0800. The molecule has 0 aromatic carbocycles. The standard InChI is InChI=1S/C14H30N2/c1-3-4-5-6-9-12-16(2)14-11-8-7-10-13(14)15/h13-14H,3-12,15H2,1-2H3. The van der Waals surface area contributed by atoms with Crippen LogP contribution in [0, 0.1) is 0 Å². The van der Waals surface area contributed by atoms with Crippen molar-refractivity contribution in [3.63, 3.8) is 0 Å². The smallest absolute Gasteiger partial charge is 0.0244 e. The Morgan fingerprint density at radius 2 is 1.75 bits per heavy atom. The molecular formula is C14H30N2. The molecule has 96 valence electrons. The second kappa shape index (κ2) is 8.08. The van der Waals surface area contributed by atoms with Gasteiger partial charge in [0.2, 0.25) is 0 Å². The van der Waals surface area contributed by atoms with Crippen LogP contribution in [0.15, 0.2) is 0 Å². The van der Waals surface area contributed by atoms with Crippen LogP contribution in [0.5, 0.6) is 0 Å². The average molecular weight is 226 g/mol. The summed E-state index contributed by atoms with van der Waals surface area (Å²) in [6.45, 7) is 3.51. The molecule has 16 heavy (non-hydrogen) atoms. The minimum atomic E-state index is 0.425. The molecule has 2 nitrogen and oxygen atoms in total. The van der Waals surface area contributed by atoms with Crippen LogP contribution in [-0.2, 0) is 0 Å². The summed E-state index contributed by atoms with van der Waals surface area (Å²) in [5, 5.41) is 0. The topological polar surface area (TPSA) is 29.3 Å². The zero-order valence-electron chi connectivity index (χ0n) is 11.3. The van der Waals surface area contributed by atoms with Crippen LogP contribution in [0.4, 0.5) is 0 Å². The minimum absolute atomic E-state index is 0.425. The van der Waals surface area contributed by atoms with Crippen molar-refractivity contribution in [3.8, 4) is 0 Å². The number of nitrogens with two attached hydrogens (primary N) is 1. The lowest BCUT2D eigenvalue weighted by Crippen LogP contribution is -2.48. The van der Waals surface area contributed by atoms with Crippen molar-refractivity contribution in [3.05, 3.63) is 0 Å². The maximum Gasteiger partial charge on any atom is 0.0244 e. The third-order valence-corrected chi connectivity index (χ3v) is 3.96. The van der Waals surface area contributed by atoms with Crippen molar-refractivity contribution in [1.82, 2.24) is 4.90 Å². The van der Waals surface area contributed by atoms with Gasteiger partial charge in [-0.15, -0.1) is 0 Å². The predicted molar refractivity (Wildman–Crippen MR) is 71.6 cm³/mol. The molecule has 0 heterocycles. The van der Waals surface area contributed by atoms with E-state index in [0.717, 1.165) is 0 Å². The second-order valence-electron chi connectivity index (χ2n) is 5.41. The fourth-order valence-electron chi connectivity index (χ4n) is 2.82. The number of rotatable bonds is 7. The van der Waals surface area contributed by atoms with Crippen molar-refractivity contribution in [2.75, 3.05) is 13.6 Å². The molecule has 0 bridgehead atoms. The van der Waals surface area contributed by atoms with E-state index in [-0.39, 0.29) is 0 Å². The highest BCUT2D eigenvalue weighted by molar-refractivity contribution is 4.84. The molecule has 0 aromatic rings. The Balaban J connectivity index is 2.10. The minimum Gasteiger partial charge on any atom is -0.326 e. The highest BCUT2D eigenvalue weighted by Crippen LogP contribution is 2.21. The van der Waals surface area contributed by atoms with Gasteiger partial charge in [-0.05, 0) is 32.9 Å². The Labute approximate surface area is 102 Å². The number of hydrogen-bond acceptors (Lipinski definition) is 2. The van der Waals surface area contributed by atoms with E-state index in [1.165, 1.54) is 64.3 Å². The third-order valence-electron chi connectivity index (χ3n) is 3.96. The van der Waals surface area contributed by atoms with E-state index in [1.807, 2.05) is 0 Å². The van der Waals surface area contributed by atoms with Gasteiger partial charge in [-0.1, -0.05) is 45.4 Å². The van der Waals surface area contributed by atoms with Crippen molar-refractivity contribution in [1.29, 1.82) is 0 Å². The predicted octanol–water partition coefficient (Wildman–Crippen LogP) is 3.16. The second-order valence-corrected chi connectivity index (χ2v) is 5.41. The summed E-state index contributed by atoms with van der Waals surface area (Å²) in [6.07, 6.45) is 12.1. The molecule has 0 saturated heterocycles. The van der Waals surface area contributed by atoms with Crippen molar-refractivity contribution in [2.24, 2.45) is 5.73 Å². The first-order valence-corrected chi connectivity index (χ1v) is 7.21. The summed E-state index contributed by atoms with van der Waals surface area (Å²) in [5.74, 6) is 0. The van der Waals surface area contributed by atoms with E-state index in [2.05, 4.69) is 18.9 Å².